The number of amides is 1. The highest BCUT2D eigenvalue weighted by atomic mass is 35.5. The average molecular weight is 408 g/mol. The number of carbonyl (C=O) groups excluding carboxylic acids is 1. The summed E-state index contributed by atoms with van der Waals surface area (Å²) in [5.41, 5.74) is 2.00. The van der Waals surface area contributed by atoms with Gasteiger partial charge in [0.2, 0.25) is 0 Å². The smallest absolute Gasteiger partial charge is 0.306 e. The fraction of sp³-hybridized carbons (Fsp3) is 0.300. The van der Waals surface area contributed by atoms with Crippen LogP contribution in [0.2, 0.25) is 10.0 Å². The highest BCUT2D eigenvalue weighted by molar-refractivity contribution is 6.31. The van der Waals surface area contributed by atoms with Crippen LogP contribution in [0.4, 0.5) is 5.69 Å². The van der Waals surface area contributed by atoms with Gasteiger partial charge in [-0.2, -0.15) is 0 Å². The van der Waals surface area contributed by atoms with Gasteiger partial charge in [-0.05, 0) is 30.7 Å². The largest absolute Gasteiger partial charge is 0.481 e. The Morgan fingerprint density at radius 3 is 2.59 bits per heavy atom. The number of ether oxygens (including phenoxy) is 1. The molecule has 0 radical (unpaired) electrons. The molecule has 5 nitrogen and oxygen atoms in total. The second-order valence-corrected chi connectivity index (χ2v) is 7.16. The van der Waals surface area contributed by atoms with Gasteiger partial charge in [-0.1, -0.05) is 48.3 Å². The first-order chi connectivity index (χ1) is 12.9. The van der Waals surface area contributed by atoms with E-state index in [0.717, 1.165) is 0 Å². The molecular weight excluding hydrogens is 389 g/mol. The number of nitrogens with zero attached hydrogens (tertiary/aromatic N) is 1. The molecule has 0 aromatic heterocycles. The molecule has 1 aliphatic heterocycles. The first-order valence-electron chi connectivity index (χ1n) is 8.64. The fourth-order valence-corrected chi connectivity index (χ4v) is 3.66. The summed E-state index contributed by atoms with van der Waals surface area (Å²) in [4.78, 5) is 26.0. The predicted octanol–water partition coefficient (Wildman–Crippen LogP) is 4.70. The Hall–Kier alpha value is -2.08. The molecule has 27 heavy (non-hydrogen) atoms. The Morgan fingerprint density at radius 2 is 1.93 bits per heavy atom. The molecule has 7 heteroatoms. The van der Waals surface area contributed by atoms with Gasteiger partial charge in [0.25, 0.3) is 5.91 Å². The molecule has 0 aliphatic carbocycles. The predicted molar refractivity (Wildman–Crippen MR) is 105 cm³/mol. The second kappa shape index (κ2) is 8.30. The molecule has 142 valence electrons. The number of hydrogen-bond acceptors (Lipinski definition) is 3. The molecule has 2 aromatic carbocycles. The van der Waals surface area contributed by atoms with Crippen LogP contribution in [0.5, 0.6) is 0 Å². The summed E-state index contributed by atoms with van der Waals surface area (Å²) in [6, 6.07) is 12.4. The van der Waals surface area contributed by atoms with Crippen molar-refractivity contribution >= 4 is 40.8 Å². The lowest BCUT2D eigenvalue weighted by Gasteiger charge is -2.24. The SMILES string of the molecule is CCCN1C(=O)C(CC(=O)O)OC(c2ccccc2Cl)c2cc(Cl)ccc21. The molecule has 3 rings (SSSR count). The molecule has 1 aliphatic rings. The van der Waals surface area contributed by atoms with E-state index in [2.05, 4.69) is 0 Å². The molecule has 1 N–H and O–H groups in total. The van der Waals surface area contributed by atoms with Gasteiger partial charge in [-0.3, -0.25) is 9.59 Å². The summed E-state index contributed by atoms with van der Waals surface area (Å²) >= 11 is 12.6. The minimum atomic E-state index is -1.12. The molecule has 1 heterocycles. The van der Waals surface area contributed by atoms with E-state index in [4.69, 9.17) is 27.9 Å². The van der Waals surface area contributed by atoms with Gasteiger partial charge in [-0.15, -0.1) is 0 Å². The summed E-state index contributed by atoms with van der Waals surface area (Å²) in [6.07, 6.45) is -1.55. The van der Waals surface area contributed by atoms with Crippen LogP contribution in [0.15, 0.2) is 42.5 Å². The maximum absolute atomic E-state index is 13.1. The number of carboxylic acids is 1. The lowest BCUT2D eigenvalue weighted by molar-refractivity contribution is -0.146. The van der Waals surface area contributed by atoms with Gasteiger partial charge in [0.1, 0.15) is 12.2 Å². The van der Waals surface area contributed by atoms with E-state index < -0.39 is 24.6 Å². The van der Waals surface area contributed by atoms with E-state index in [1.807, 2.05) is 13.0 Å². The average Bonchev–Trinajstić information content (AvgIpc) is 2.72. The molecule has 0 saturated carbocycles. The quantitative estimate of drug-likeness (QED) is 0.779. The molecule has 0 bridgehead atoms. The van der Waals surface area contributed by atoms with E-state index >= 15 is 0 Å². The maximum atomic E-state index is 13.1. The number of carboxylic acid groups (broad SMARTS) is 1. The van der Waals surface area contributed by atoms with E-state index in [1.165, 1.54) is 0 Å². The van der Waals surface area contributed by atoms with Crippen molar-refractivity contribution < 1.29 is 19.4 Å². The zero-order valence-electron chi connectivity index (χ0n) is 14.7. The van der Waals surface area contributed by atoms with Crippen molar-refractivity contribution in [2.75, 3.05) is 11.4 Å². The van der Waals surface area contributed by atoms with Crippen molar-refractivity contribution in [2.45, 2.75) is 32.0 Å². The number of hydrogen-bond donors (Lipinski definition) is 1. The van der Waals surface area contributed by atoms with Crippen molar-refractivity contribution in [3.8, 4) is 0 Å². The van der Waals surface area contributed by atoms with Crippen LogP contribution >= 0.6 is 23.2 Å². The topological polar surface area (TPSA) is 66.8 Å². The lowest BCUT2D eigenvalue weighted by atomic mass is 9.99. The molecule has 0 saturated heterocycles. The summed E-state index contributed by atoms with van der Waals surface area (Å²) in [6.45, 7) is 2.40. The minimum Gasteiger partial charge on any atom is -0.481 e. The van der Waals surface area contributed by atoms with Crippen LogP contribution in [0, 0.1) is 0 Å². The molecule has 1 amide bonds. The van der Waals surface area contributed by atoms with Gasteiger partial charge < -0.3 is 14.7 Å². The second-order valence-electron chi connectivity index (χ2n) is 6.32. The van der Waals surface area contributed by atoms with Crippen LogP contribution in [-0.4, -0.2) is 29.6 Å². The Balaban J connectivity index is 2.20. The molecule has 2 aromatic rings. The van der Waals surface area contributed by atoms with Crippen LogP contribution in [0.3, 0.4) is 0 Å². The van der Waals surface area contributed by atoms with Crippen molar-refractivity contribution in [1.82, 2.24) is 0 Å². The van der Waals surface area contributed by atoms with Crippen LogP contribution in [0.1, 0.15) is 37.0 Å². The number of anilines is 1. The number of carbonyl (C=O) groups is 2. The molecular formula is C20H19Cl2NO4. The first kappa shape index (κ1) is 19.7. The monoisotopic (exact) mass is 407 g/mol. The number of aliphatic carboxylic acids is 1. The summed E-state index contributed by atoms with van der Waals surface area (Å²) in [5.74, 6) is -1.48. The zero-order chi connectivity index (χ0) is 19.6. The van der Waals surface area contributed by atoms with Gasteiger partial charge in [-0.25, -0.2) is 0 Å². The van der Waals surface area contributed by atoms with Crippen LogP contribution < -0.4 is 4.90 Å². The maximum Gasteiger partial charge on any atom is 0.306 e. The van der Waals surface area contributed by atoms with Crippen molar-refractivity contribution in [3.63, 3.8) is 0 Å². The molecule has 2 atom stereocenters. The van der Waals surface area contributed by atoms with Crippen LogP contribution in [-0.2, 0) is 14.3 Å². The third-order valence-corrected chi connectivity index (χ3v) is 4.98. The highest BCUT2D eigenvalue weighted by Crippen LogP contribution is 2.41. The van der Waals surface area contributed by atoms with E-state index in [-0.39, 0.29) is 5.91 Å². The third-order valence-electron chi connectivity index (χ3n) is 4.40. The Morgan fingerprint density at radius 1 is 1.19 bits per heavy atom. The summed E-state index contributed by atoms with van der Waals surface area (Å²) in [7, 11) is 0. The van der Waals surface area contributed by atoms with Crippen molar-refractivity contribution in [1.29, 1.82) is 0 Å². The number of fused-ring (bicyclic) bond motifs is 1. The zero-order valence-corrected chi connectivity index (χ0v) is 16.2. The van der Waals surface area contributed by atoms with Gasteiger partial charge >= 0.3 is 5.97 Å². The molecule has 0 spiro atoms. The normalized spacial score (nSPS) is 19.5. The Kier molecular flexibility index (Phi) is 6.05. The highest BCUT2D eigenvalue weighted by Gasteiger charge is 2.37. The summed E-state index contributed by atoms with van der Waals surface area (Å²) < 4.78 is 6.04. The van der Waals surface area contributed by atoms with Crippen LogP contribution in [0.25, 0.3) is 0 Å². The number of benzene rings is 2. The van der Waals surface area contributed by atoms with E-state index in [9.17, 15) is 14.7 Å². The first-order valence-corrected chi connectivity index (χ1v) is 9.40. The standard InChI is InChI=1S/C20H19Cl2NO4/c1-2-9-23-16-8-7-12(21)10-14(16)19(13-5-3-4-6-15(13)22)27-17(20(23)26)11-18(24)25/h3-8,10,17,19H,2,9,11H2,1H3,(H,24,25). The fourth-order valence-electron chi connectivity index (χ4n) is 3.25. The summed E-state index contributed by atoms with van der Waals surface area (Å²) in [5, 5.41) is 10.2. The van der Waals surface area contributed by atoms with E-state index in [1.54, 1.807) is 41.3 Å². The van der Waals surface area contributed by atoms with Crippen molar-refractivity contribution in [3.05, 3.63) is 63.6 Å². The lowest BCUT2D eigenvalue weighted by Crippen LogP contribution is -2.40. The third kappa shape index (κ3) is 4.10. The Bertz CT molecular complexity index is 871. The van der Waals surface area contributed by atoms with Crippen molar-refractivity contribution in [2.24, 2.45) is 0 Å². The minimum absolute atomic E-state index is 0.377. The molecule has 0 fully saturated rings. The Labute approximate surface area is 167 Å². The van der Waals surface area contributed by atoms with Gasteiger partial charge in [0.15, 0.2) is 0 Å². The van der Waals surface area contributed by atoms with Gasteiger partial charge in [0.05, 0.1) is 6.42 Å². The number of rotatable bonds is 5. The van der Waals surface area contributed by atoms with E-state index in [0.29, 0.717) is 39.8 Å². The molecule has 2 unspecified atom stereocenters. The number of halogens is 2. The van der Waals surface area contributed by atoms with Gasteiger partial charge in [0, 0.05) is 33.4 Å².